The zero-order valence-corrected chi connectivity index (χ0v) is 26.0. The van der Waals surface area contributed by atoms with Gasteiger partial charge >= 0.3 is 6.36 Å². The first kappa shape index (κ1) is 31.3. The van der Waals surface area contributed by atoms with E-state index in [-0.39, 0.29) is 45.6 Å². The molecule has 15 heteroatoms. The summed E-state index contributed by atoms with van der Waals surface area (Å²) in [6.45, 7) is 3.33. The molecule has 8 rings (SSSR count). The van der Waals surface area contributed by atoms with E-state index in [1.807, 2.05) is 0 Å². The van der Waals surface area contributed by atoms with E-state index in [9.17, 15) is 22.8 Å². The molecular weight excluding hydrogens is 629 g/mol. The largest absolute Gasteiger partial charge is 0.573 e. The Morgan fingerprint density at radius 1 is 1.09 bits per heavy atom. The van der Waals surface area contributed by atoms with Crippen LogP contribution in [0, 0.1) is 23.7 Å². The van der Waals surface area contributed by atoms with Crippen LogP contribution in [0.25, 0.3) is 0 Å². The summed E-state index contributed by atoms with van der Waals surface area (Å²) in [7, 11) is 1.44. The molecule has 2 amide bonds. The number of carbonyl (C=O) groups excluding carboxylic acids is 2. The third kappa shape index (κ3) is 5.83. The second-order valence-corrected chi connectivity index (χ2v) is 13.5. The van der Waals surface area contributed by atoms with Crippen molar-refractivity contribution in [2.75, 3.05) is 44.0 Å². The highest BCUT2D eigenvalue weighted by atomic mass is 35.5. The van der Waals surface area contributed by atoms with Crippen LogP contribution in [0.4, 0.5) is 24.7 Å². The number of anilines is 2. The van der Waals surface area contributed by atoms with E-state index in [1.54, 1.807) is 0 Å². The Bertz CT molecular complexity index is 1500. The van der Waals surface area contributed by atoms with Crippen molar-refractivity contribution in [3.63, 3.8) is 0 Å². The number of fused-ring (bicyclic) bond motifs is 3. The van der Waals surface area contributed by atoms with Crippen LogP contribution in [0.2, 0.25) is 5.02 Å². The van der Waals surface area contributed by atoms with Crippen LogP contribution in [-0.2, 0) is 9.53 Å². The van der Waals surface area contributed by atoms with Gasteiger partial charge in [0.2, 0.25) is 11.8 Å². The molecule has 46 heavy (non-hydrogen) atoms. The molecule has 1 saturated heterocycles. The van der Waals surface area contributed by atoms with Gasteiger partial charge in [-0.25, -0.2) is 9.97 Å². The van der Waals surface area contributed by atoms with E-state index in [1.165, 1.54) is 25.6 Å². The van der Waals surface area contributed by atoms with Crippen molar-refractivity contribution in [2.24, 2.45) is 23.7 Å². The minimum Gasteiger partial charge on any atom is -0.480 e. The highest BCUT2D eigenvalue weighted by molar-refractivity contribution is 6.32. The molecule has 2 aromatic rings. The number of rotatable bonds is 9. The van der Waals surface area contributed by atoms with Crippen molar-refractivity contribution in [1.29, 1.82) is 0 Å². The molecule has 3 N–H and O–H groups in total. The number of nitrogens with zero attached hydrogens (tertiary/aromatic N) is 3. The van der Waals surface area contributed by atoms with Gasteiger partial charge in [-0.1, -0.05) is 11.6 Å². The Morgan fingerprint density at radius 3 is 2.59 bits per heavy atom. The Kier molecular flexibility index (Phi) is 8.17. The van der Waals surface area contributed by atoms with Crippen molar-refractivity contribution in [3.8, 4) is 11.6 Å². The molecule has 4 bridgehead atoms. The summed E-state index contributed by atoms with van der Waals surface area (Å²) in [5.74, 6) is -0.976. The SMILES string of the molecule is COc1ncnc(N[C@H]2CC3(N4CCOCC4)CC2C3)c1C(=O)N[C@@H]1[C@H]2CC[C@H](C2)[C@@H]1C(=O)Nc1ccc(Cl)c(OC(F)(F)F)c1. The van der Waals surface area contributed by atoms with Crippen LogP contribution in [-0.4, -0.2) is 84.1 Å². The van der Waals surface area contributed by atoms with E-state index in [2.05, 4.69) is 35.6 Å². The van der Waals surface area contributed by atoms with Gasteiger partial charge in [0, 0.05) is 42.5 Å². The van der Waals surface area contributed by atoms with Crippen LogP contribution in [0.5, 0.6) is 11.6 Å². The lowest BCUT2D eigenvalue weighted by Crippen LogP contribution is -2.56. The summed E-state index contributed by atoms with van der Waals surface area (Å²) in [5, 5.41) is 9.12. The summed E-state index contributed by atoms with van der Waals surface area (Å²) < 4.78 is 53.6. The molecule has 0 unspecified atom stereocenters. The van der Waals surface area contributed by atoms with Crippen molar-refractivity contribution < 1.29 is 37.0 Å². The fourth-order valence-corrected chi connectivity index (χ4v) is 8.82. The number of ether oxygens (including phenoxy) is 3. The summed E-state index contributed by atoms with van der Waals surface area (Å²) in [6, 6.07) is 3.32. The van der Waals surface area contributed by atoms with E-state index in [0.29, 0.717) is 11.7 Å². The lowest BCUT2D eigenvalue weighted by atomic mass is 9.75. The number of amides is 2. The average molecular weight is 665 g/mol. The van der Waals surface area contributed by atoms with Gasteiger partial charge in [0.1, 0.15) is 23.5 Å². The zero-order valence-electron chi connectivity index (χ0n) is 25.2. The molecule has 248 valence electrons. The molecule has 2 heterocycles. The maximum absolute atomic E-state index is 14.0. The second kappa shape index (κ2) is 12.0. The number of morpholine rings is 1. The molecule has 6 aliphatic rings. The van der Waals surface area contributed by atoms with Crippen LogP contribution in [0.3, 0.4) is 0 Å². The van der Waals surface area contributed by atoms with Crippen molar-refractivity contribution in [3.05, 3.63) is 35.1 Å². The normalized spacial score (nSPS) is 31.7. The summed E-state index contributed by atoms with van der Waals surface area (Å²) >= 11 is 5.88. The summed E-state index contributed by atoms with van der Waals surface area (Å²) in [6.07, 6.45) is 1.98. The number of carbonyl (C=O) groups is 2. The number of aromatic nitrogens is 2. The van der Waals surface area contributed by atoms with Gasteiger partial charge in [-0.2, -0.15) is 0 Å². The van der Waals surface area contributed by atoms with Gasteiger partial charge in [0.15, 0.2) is 0 Å². The molecule has 5 saturated carbocycles. The standard InChI is InChI=1S/C31H36ClF3N6O5/c1-44-29-24(26(36-15-37-29)39-21-14-30(12-18(21)13-30)41-6-8-45-9-7-41)28(43)40-25-17-3-2-16(10-17)23(25)27(42)38-19-4-5-20(32)22(11-19)46-31(33,34)35/h4-5,11,15-18,21,23,25H,2-3,6-10,12-14H2,1H3,(H,38,42)(H,40,43)(H,36,37,39)/t16-,17+,18?,21+,23+,25-,30?/m1/s1. The van der Waals surface area contributed by atoms with E-state index >= 15 is 0 Å². The molecule has 6 fully saturated rings. The van der Waals surface area contributed by atoms with Crippen molar-refractivity contribution in [2.45, 2.75) is 62.5 Å². The van der Waals surface area contributed by atoms with Crippen LogP contribution in [0.15, 0.2) is 24.5 Å². The van der Waals surface area contributed by atoms with Gasteiger partial charge in [-0.15, -0.1) is 13.2 Å². The van der Waals surface area contributed by atoms with Crippen LogP contribution >= 0.6 is 11.6 Å². The molecule has 1 aromatic heterocycles. The molecule has 5 aliphatic carbocycles. The highest BCUT2D eigenvalue weighted by Gasteiger charge is 2.59. The molecule has 1 aliphatic heterocycles. The molecule has 5 atom stereocenters. The van der Waals surface area contributed by atoms with Gasteiger partial charge in [0.05, 0.1) is 31.3 Å². The number of methoxy groups -OCH3 is 1. The van der Waals surface area contributed by atoms with Gasteiger partial charge in [-0.3, -0.25) is 14.5 Å². The van der Waals surface area contributed by atoms with E-state index < -0.39 is 35.9 Å². The lowest BCUT2D eigenvalue weighted by Gasteiger charge is -2.49. The molecular formula is C31H36ClF3N6O5. The van der Waals surface area contributed by atoms with E-state index in [0.717, 1.165) is 70.9 Å². The third-order valence-electron chi connectivity index (χ3n) is 10.6. The number of hydrogen-bond donors (Lipinski definition) is 3. The molecule has 0 radical (unpaired) electrons. The van der Waals surface area contributed by atoms with Gasteiger partial charge in [0.25, 0.3) is 5.91 Å². The Labute approximate surface area is 268 Å². The first-order valence-electron chi connectivity index (χ1n) is 15.7. The second-order valence-electron chi connectivity index (χ2n) is 13.1. The number of hydrogen-bond acceptors (Lipinski definition) is 9. The first-order chi connectivity index (χ1) is 22.0. The fraction of sp³-hybridized carbons (Fsp3) is 0.613. The van der Waals surface area contributed by atoms with Crippen molar-refractivity contribution in [1.82, 2.24) is 20.2 Å². The minimum atomic E-state index is -4.94. The summed E-state index contributed by atoms with van der Waals surface area (Å²) in [5.41, 5.74) is 0.443. The topological polar surface area (TPSA) is 127 Å². The first-order valence-corrected chi connectivity index (χ1v) is 16.1. The monoisotopic (exact) mass is 664 g/mol. The Balaban J connectivity index is 1.07. The predicted octanol–water partition coefficient (Wildman–Crippen LogP) is 4.49. The van der Waals surface area contributed by atoms with Crippen molar-refractivity contribution >= 4 is 34.9 Å². The average Bonchev–Trinajstić information content (AvgIpc) is 3.78. The van der Waals surface area contributed by atoms with Crippen LogP contribution < -0.4 is 25.4 Å². The number of benzene rings is 1. The quantitative estimate of drug-likeness (QED) is 0.356. The minimum absolute atomic E-state index is 0.0154. The number of alkyl halides is 3. The molecule has 0 spiro atoms. The maximum Gasteiger partial charge on any atom is 0.573 e. The maximum atomic E-state index is 14.0. The highest BCUT2D eigenvalue weighted by Crippen LogP contribution is 2.56. The van der Waals surface area contributed by atoms with Gasteiger partial charge < -0.3 is 30.2 Å². The molecule has 11 nitrogen and oxygen atoms in total. The fourth-order valence-electron chi connectivity index (χ4n) is 8.66. The summed E-state index contributed by atoms with van der Waals surface area (Å²) in [4.78, 5) is 38.8. The number of nitrogens with one attached hydrogen (secondary N) is 3. The van der Waals surface area contributed by atoms with Gasteiger partial charge in [-0.05, 0) is 68.4 Å². The van der Waals surface area contributed by atoms with E-state index in [4.69, 9.17) is 21.1 Å². The smallest absolute Gasteiger partial charge is 0.480 e. The number of halogens is 4. The third-order valence-corrected chi connectivity index (χ3v) is 10.9. The Morgan fingerprint density at radius 2 is 1.85 bits per heavy atom. The lowest BCUT2D eigenvalue weighted by molar-refractivity contribution is -0.274. The molecule has 1 aromatic carbocycles. The van der Waals surface area contributed by atoms with Crippen LogP contribution in [0.1, 0.15) is 48.9 Å². The zero-order chi connectivity index (χ0) is 32.2. The predicted molar refractivity (Wildman–Crippen MR) is 161 cm³/mol. The Hall–Kier alpha value is -3.36.